The first-order chi connectivity index (χ1) is 8.72. The number of rotatable bonds is 5. The maximum atomic E-state index is 5.91. The number of nitrogens with two attached hydrogens (primary N) is 1. The molecule has 1 aromatic heterocycles. The number of hydrogen-bond donors (Lipinski definition) is 1. The summed E-state index contributed by atoms with van der Waals surface area (Å²) in [4.78, 5) is 4.17. The van der Waals surface area contributed by atoms with Gasteiger partial charge in [-0.15, -0.1) is 0 Å². The zero-order valence-electron chi connectivity index (χ0n) is 10.7. The van der Waals surface area contributed by atoms with Gasteiger partial charge in [-0.1, -0.05) is 18.2 Å². The molecule has 0 unspecified atom stereocenters. The highest BCUT2D eigenvalue weighted by molar-refractivity contribution is 5.35. The highest BCUT2D eigenvalue weighted by Crippen LogP contribution is 2.23. The van der Waals surface area contributed by atoms with Crippen LogP contribution in [0.25, 0.3) is 0 Å². The van der Waals surface area contributed by atoms with E-state index in [4.69, 9.17) is 10.5 Å². The van der Waals surface area contributed by atoms with Gasteiger partial charge >= 0.3 is 0 Å². The minimum atomic E-state index is -0.0507. The number of benzene rings is 1. The van der Waals surface area contributed by atoms with Crippen LogP contribution in [0.3, 0.4) is 0 Å². The van der Waals surface area contributed by atoms with Crippen molar-refractivity contribution in [2.75, 3.05) is 0 Å². The van der Waals surface area contributed by atoms with Gasteiger partial charge in [0.2, 0.25) is 0 Å². The summed E-state index contributed by atoms with van der Waals surface area (Å²) in [6.07, 6.45) is 1.54. The molecular weight excluding hydrogens is 228 g/mol. The molecule has 2 N–H and O–H groups in total. The Morgan fingerprint density at radius 1 is 1.39 bits per heavy atom. The third-order valence-electron chi connectivity index (χ3n) is 2.76. The lowest BCUT2D eigenvalue weighted by Crippen LogP contribution is -2.10. The molecule has 5 nitrogen and oxygen atoms in total. The van der Waals surface area contributed by atoms with Gasteiger partial charge in [0.05, 0.1) is 0 Å². The van der Waals surface area contributed by atoms with Crippen LogP contribution in [0.4, 0.5) is 0 Å². The average Bonchev–Trinajstić information content (AvgIpc) is 2.84. The normalized spacial score (nSPS) is 12.4. The summed E-state index contributed by atoms with van der Waals surface area (Å²) in [5.41, 5.74) is 6.91. The van der Waals surface area contributed by atoms with Gasteiger partial charge in [0.25, 0.3) is 0 Å². The molecule has 1 aromatic carbocycles. The molecule has 0 radical (unpaired) electrons. The molecule has 0 saturated heterocycles. The summed E-state index contributed by atoms with van der Waals surface area (Å²) >= 11 is 0. The van der Waals surface area contributed by atoms with Gasteiger partial charge in [-0.05, 0) is 19.9 Å². The Bertz CT molecular complexity index is 507. The molecule has 0 aliphatic carbocycles. The minimum Gasteiger partial charge on any atom is -0.485 e. The summed E-state index contributed by atoms with van der Waals surface area (Å²) in [7, 11) is 0. The Morgan fingerprint density at radius 2 is 2.17 bits per heavy atom. The standard InChI is InChI=1S/C13H18N4O/c1-3-17-13(15-9-16-17)8-18-12-7-5-4-6-11(12)10(2)14/h4-7,9-10H,3,8,14H2,1-2H3/t10-/m1/s1. The predicted octanol–water partition coefficient (Wildman–Crippen LogP) is 1.90. The van der Waals surface area contributed by atoms with Crippen molar-refractivity contribution in [2.45, 2.75) is 33.0 Å². The van der Waals surface area contributed by atoms with Crippen molar-refractivity contribution in [3.63, 3.8) is 0 Å². The van der Waals surface area contributed by atoms with E-state index in [9.17, 15) is 0 Å². The summed E-state index contributed by atoms with van der Waals surface area (Å²) in [6, 6.07) is 7.74. The number of nitrogens with zero attached hydrogens (tertiary/aromatic N) is 3. The van der Waals surface area contributed by atoms with E-state index in [-0.39, 0.29) is 6.04 Å². The number of para-hydroxylation sites is 1. The van der Waals surface area contributed by atoms with Gasteiger partial charge in [-0.3, -0.25) is 0 Å². The lowest BCUT2D eigenvalue weighted by atomic mass is 10.1. The van der Waals surface area contributed by atoms with Gasteiger partial charge in [0.15, 0.2) is 5.82 Å². The van der Waals surface area contributed by atoms with E-state index in [1.807, 2.05) is 42.8 Å². The zero-order chi connectivity index (χ0) is 13.0. The molecule has 0 aliphatic heterocycles. The molecule has 96 valence electrons. The van der Waals surface area contributed by atoms with E-state index in [1.165, 1.54) is 0 Å². The molecule has 0 spiro atoms. The Hall–Kier alpha value is -1.88. The first-order valence-electron chi connectivity index (χ1n) is 6.06. The highest BCUT2D eigenvalue weighted by Gasteiger charge is 2.09. The van der Waals surface area contributed by atoms with Crippen molar-refractivity contribution in [2.24, 2.45) is 5.73 Å². The molecule has 2 aromatic rings. The Balaban J connectivity index is 2.11. The van der Waals surface area contributed by atoms with Crippen LogP contribution < -0.4 is 10.5 Å². The lowest BCUT2D eigenvalue weighted by molar-refractivity contribution is 0.283. The summed E-state index contributed by atoms with van der Waals surface area (Å²) in [5.74, 6) is 1.62. The second-order valence-corrected chi connectivity index (χ2v) is 4.11. The molecule has 1 heterocycles. The van der Waals surface area contributed by atoms with Gasteiger partial charge in [0, 0.05) is 18.2 Å². The molecule has 0 bridgehead atoms. The Morgan fingerprint density at radius 3 is 2.89 bits per heavy atom. The fraction of sp³-hybridized carbons (Fsp3) is 0.385. The van der Waals surface area contributed by atoms with Gasteiger partial charge in [-0.25, -0.2) is 9.67 Å². The van der Waals surface area contributed by atoms with Crippen molar-refractivity contribution in [3.8, 4) is 5.75 Å². The van der Waals surface area contributed by atoms with Crippen molar-refractivity contribution in [1.82, 2.24) is 14.8 Å². The van der Waals surface area contributed by atoms with Crippen molar-refractivity contribution in [3.05, 3.63) is 42.0 Å². The van der Waals surface area contributed by atoms with E-state index < -0.39 is 0 Å². The Labute approximate surface area is 107 Å². The second kappa shape index (κ2) is 5.64. The SMILES string of the molecule is CCn1ncnc1COc1ccccc1[C@@H](C)N. The fourth-order valence-electron chi connectivity index (χ4n) is 1.79. The number of aromatic nitrogens is 3. The van der Waals surface area contributed by atoms with E-state index in [1.54, 1.807) is 6.33 Å². The molecule has 0 amide bonds. The molecule has 2 rings (SSSR count). The smallest absolute Gasteiger partial charge is 0.164 e. The van der Waals surface area contributed by atoms with Crippen molar-refractivity contribution in [1.29, 1.82) is 0 Å². The summed E-state index contributed by atoms with van der Waals surface area (Å²) in [5, 5.41) is 4.11. The number of aryl methyl sites for hydroxylation is 1. The zero-order valence-corrected chi connectivity index (χ0v) is 10.7. The second-order valence-electron chi connectivity index (χ2n) is 4.11. The van der Waals surface area contributed by atoms with Crippen LogP contribution in [0.15, 0.2) is 30.6 Å². The third kappa shape index (κ3) is 2.68. The van der Waals surface area contributed by atoms with Gasteiger partial charge < -0.3 is 10.5 Å². The monoisotopic (exact) mass is 246 g/mol. The molecule has 0 aliphatic rings. The maximum absolute atomic E-state index is 5.91. The maximum Gasteiger partial charge on any atom is 0.164 e. The summed E-state index contributed by atoms with van der Waals surface area (Å²) < 4.78 is 7.60. The van der Waals surface area contributed by atoms with Gasteiger partial charge in [-0.2, -0.15) is 5.10 Å². The minimum absolute atomic E-state index is 0.0507. The molecule has 0 saturated carbocycles. The van der Waals surface area contributed by atoms with Gasteiger partial charge in [0.1, 0.15) is 18.7 Å². The topological polar surface area (TPSA) is 66.0 Å². The van der Waals surface area contributed by atoms with E-state index >= 15 is 0 Å². The predicted molar refractivity (Wildman–Crippen MR) is 69.1 cm³/mol. The van der Waals surface area contributed by atoms with E-state index in [0.29, 0.717) is 6.61 Å². The molecule has 18 heavy (non-hydrogen) atoms. The molecule has 0 fully saturated rings. The first-order valence-corrected chi connectivity index (χ1v) is 6.06. The lowest BCUT2D eigenvalue weighted by Gasteiger charge is -2.13. The van der Waals surface area contributed by atoms with Crippen LogP contribution >= 0.6 is 0 Å². The quantitative estimate of drug-likeness (QED) is 0.875. The fourth-order valence-corrected chi connectivity index (χ4v) is 1.79. The van der Waals surface area contributed by atoms with Crippen LogP contribution in [0.2, 0.25) is 0 Å². The molecule has 1 atom stereocenters. The van der Waals surface area contributed by atoms with Crippen LogP contribution in [-0.2, 0) is 13.2 Å². The average molecular weight is 246 g/mol. The molecule has 5 heteroatoms. The number of ether oxygens (including phenoxy) is 1. The number of hydrogen-bond acceptors (Lipinski definition) is 4. The Kier molecular flexibility index (Phi) is 3.94. The van der Waals surface area contributed by atoms with E-state index in [2.05, 4.69) is 10.1 Å². The summed E-state index contributed by atoms with van der Waals surface area (Å²) in [6.45, 7) is 5.15. The first kappa shape index (κ1) is 12.6. The highest BCUT2D eigenvalue weighted by atomic mass is 16.5. The van der Waals surface area contributed by atoms with Crippen LogP contribution in [0.1, 0.15) is 31.3 Å². The van der Waals surface area contributed by atoms with E-state index in [0.717, 1.165) is 23.7 Å². The van der Waals surface area contributed by atoms with Crippen molar-refractivity contribution >= 4 is 0 Å². The van der Waals surface area contributed by atoms with Crippen LogP contribution in [0.5, 0.6) is 5.75 Å². The third-order valence-corrected chi connectivity index (χ3v) is 2.76. The van der Waals surface area contributed by atoms with Crippen LogP contribution in [0, 0.1) is 0 Å². The largest absolute Gasteiger partial charge is 0.485 e. The van der Waals surface area contributed by atoms with Crippen molar-refractivity contribution < 1.29 is 4.74 Å². The molecular formula is C13H18N4O. The van der Waals surface area contributed by atoms with Crippen LogP contribution in [-0.4, -0.2) is 14.8 Å².